The van der Waals surface area contributed by atoms with E-state index in [4.69, 9.17) is 4.74 Å². The number of piperazine rings is 1. The maximum Gasteiger partial charge on any atom is 0.240 e. The van der Waals surface area contributed by atoms with Crippen molar-refractivity contribution in [2.24, 2.45) is 0 Å². The van der Waals surface area contributed by atoms with Crippen LogP contribution in [-0.4, -0.2) is 49.7 Å². The molecule has 2 rings (SSSR count). The number of methoxy groups -OCH3 is 1. The summed E-state index contributed by atoms with van der Waals surface area (Å²) in [6.07, 6.45) is -2.61. The number of alkyl halides is 2. The number of ether oxygens (including phenoxy) is 1. The van der Waals surface area contributed by atoms with Crippen molar-refractivity contribution < 1.29 is 18.6 Å². The van der Waals surface area contributed by atoms with Gasteiger partial charge in [0.1, 0.15) is 0 Å². The van der Waals surface area contributed by atoms with Gasteiger partial charge in [-0.05, 0) is 17.7 Å². The van der Waals surface area contributed by atoms with Crippen molar-refractivity contribution in [3.8, 4) is 11.5 Å². The molecule has 1 aromatic rings. The average molecular weight is 323 g/mol. The summed E-state index contributed by atoms with van der Waals surface area (Å²) in [5.74, 6) is 0.337. The highest BCUT2D eigenvalue weighted by molar-refractivity contribution is 5.85. The average Bonchev–Trinajstić information content (AvgIpc) is 2.45. The van der Waals surface area contributed by atoms with E-state index in [0.29, 0.717) is 11.3 Å². The van der Waals surface area contributed by atoms with Gasteiger partial charge in [-0.15, -0.1) is 12.4 Å². The van der Waals surface area contributed by atoms with Gasteiger partial charge >= 0.3 is 0 Å². The predicted octanol–water partition coefficient (Wildman–Crippen LogP) is 2.42. The zero-order chi connectivity index (χ0) is 14.5. The number of hydrogen-bond acceptors (Lipinski definition) is 4. The van der Waals surface area contributed by atoms with Gasteiger partial charge in [0, 0.05) is 38.6 Å². The Balaban J connectivity index is 0.00000220. The number of phenolic OH excluding ortho intramolecular Hbond substituents is 1. The van der Waals surface area contributed by atoms with Crippen molar-refractivity contribution in [3.63, 3.8) is 0 Å². The zero-order valence-corrected chi connectivity index (χ0v) is 12.7. The molecule has 0 bridgehead atoms. The molecule has 0 spiro atoms. The monoisotopic (exact) mass is 322 g/mol. The fraction of sp³-hybridized carbons (Fsp3) is 0.571. The largest absolute Gasteiger partial charge is 0.504 e. The lowest BCUT2D eigenvalue weighted by molar-refractivity contribution is 0.0738. The highest BCUT2D eigenvalue weighted by Gasteiger charge is 2.26. The van der Waals surface area contributed by atoms with Crippen LogP contribution in [0.15, 0.2) is 18.2 Å². The molecule has 1 aliphatic heterocycles. The van der Waals surface area contributed by atoms with Gasteiger partial charge < -0.3 is 15.2 Å². The normalized spacial score (nSPS) is 17.3. The third-order valence-electron chi connectivity index (χ3n) is 3.58. The van der Waals surface area contributed by atoms with Gasteiger partial charge in [0.05, 0.1) is 7.11 Å². The first-order valence-corrected chi connectivity index (χ1v) is 6.71. The highest BCUT2D eigenvalue weighted by atomic mass is 35.5. The Morgan fingerprint density at radius 1 is 1.33 bits per heavy atom. The van der Waals surface area contributed by atoms with Crippen molar-refractivity contribution in [2.75, 3.05) is 33.3 Å². The van der Waals surface area contributed by atoms with Crippen molar-refractivity contribution in [1.29, 1.82) is 0 Å². The smallest absolute Gasteiger partial charge is 0.240 e. The van der Waals surface area contributed by atoms with Crippen LogP contribution in [0.25, 0.3) is 0 Å². The first-order chi connectivity index (χ1) is 9.61. The molecule has 0 aromatic heterocycles. The lowest BCUT2D eigenvalue weighted by atomic mass is 10.0. The minimum Gasteiger partial charge on any atom is -0.504 e. The molecular weight excluding hydrogens is 302 g/mol. The Hall–Kier alpha value is -1.11. The van der Waals surface area contributed by atoms with Crippen molar-refractivity contribution >= 4 is 12.4 Å². The minimum absolute atomic E-state index is 0. The molecule has 0 saturated carbocycles. The van der Waals surface area contributed by atoms with Gasteiger partial charge in [0.15, 0.2) is 11.5 Å². The summed E-state index contributed by atoms with van der Waals surface area (Å²) in [5, 5.41) is 13.0. The predicted molar refractivity (Wildman–Crippen MR) is 79.7 cm³/mol. The second-order valence-electron chi connectivity index (χ2n) is 4.86. The molecule has 1 heterocycles. The first-order valence-electron chi connectivity index (χ1n) is 6.71. The molecule has 0 aliphatic carbocycles. The van der Waals surface area contributed by atoms with Crippen molar-refractivity contribution in [2.45, 2.75) is 18.9 Å². The van der Waals surface area contributed by atoms with Crippen LogP contribution in [0, 0.1) is 0 Å². The molecule has 21 heavy (non-hydrogen) atoms. The Morgan fingerprint density at radius 2 is 2.00 bits per heavy atom. The highest BCUT2D eigenvalue weighted by Crippen LogP contribution is 2.33. The van der Waals surface area contributed by atoms with E-state index in [1.807, 2.05) is 4.90 Å². The summed E-state index contributed by atoms with van der Waals surface area (Å²) in [6.45, 7) is 3.04. The van der Waals surface area contributed by atoms with E-state index in [1.54, 1.807) is 12.1 Å². The fourth-order valence-corrected chi connectivity index (χ4v) is 2.57. The van der Waals surface area contributed by atoms with Gasteiger partial charge in [-0.25, -0.2) is 8.78 Å². The number of rotatable bonds is 5. The second-order valence-corrected chi connectivity index (χ2v) is 4.86. The fourth-order valence-electron chi connectivity index (χ4n) is 2.57. The van der Waals surface area contributed by atoms with E-state index in [0.717, 1.165) is 26.2 Å². The number of hydrogen-bond donors (Lipinski definition) is 2. The number of aromatic hydroxyl groups is 1. The summed E-state index contributed by atoms with van der Waals surface area (Å²) in [7, 11) is 1.46. The van der Waals surface area contributed by atoms with Crippen LogP contribution in [0.5, 0.6) is 11.5 Å². The Labute approximate surface area is 129 Å². The van der Waals surface area contributed by atoms with Gasteiger partial charge in [-0.3, -0.25) is 4.90 Å². The summed E-state index contributed by atoms with van der Waals surface area (Å²) in [4.78, 5) is 2.03. The van der Waals surface area contributed by atoms with Crippen LogP contribution in [0.2, 0.25) is 0 Å². The SMILES string of the molecule is COc1ccc([C@@H](CC(F)F)N2CCNCC2)cc1O.Cl. The number of nitrogens with one attached hydrogen (secondary N) is 1. The van der Waals surface area contributed by atoms with E-state index in [2.05, 4.69) is 5.32 Å². The Morgan fingerprint density at radius 3 is 2.52 bits per heavy atom. The number of phenols is 1. The van der Waals surface area contributed by atoms with Gasteiger partial charge in [0.2, 0.25) is 6.43 Å². The topological polar surface area (TPSA) is 44.7 Å². The maximum absolute atomic E-state index is 12.8. The van der Waals surface area contributed by atoms with E-state index in [9.17, 15) is 13.9 Å². The molecule has 0 radical (unpaired) electrons. The molecule has 7 heteroatoms. The van der Waals surface area contributed by atoms with Crippen LogP contribution < -0.4 is 10.1 Å². The number of halogens is 3. The molecule has 1 aliphatic rings. The third-order valence-corrected chi connectivity index (χ3v) is 3.58. The first kappa shape index (κ1) is 17.9. The third kappa shape index (κ3) is 4.69. The second kappa shape index (κ2) is 8.36. The van der Waals surface area contributed by atoms with Crippen LogP contribution in [0.3, 0.4) is 0 Å². The van der Waals surface area contributed by atoms with Crippen molar-refractivity contribution in [1.82, 2.24) is 10.2 Å². The van der Waals surface area contributed by atoms with Gasteiger partial charge in [-0.1, -0.05) is 6.07 Å². The van der Waals surface area contributed by atoms with Crippen LogP contribution in [-0.2, 0) is 0 Å². The van der Waals surface area contributed by atoms with E-state index < -0.39 is 6.43 Å². The number of benzene rings is 1. The lowest BCUT2D eigenvalue weighted by Crippen LogP contribution is -2.45. The zero-order valence-electron chi connectivity index (χ0n) is 11.9. The lowest BCUT2D eigenvalue weighted by Gasteiger charge is -2.35. The van der Waals surface area contributed by atoms with Crippen molar-refractivity contribution in [3.05, 3.63) is 23.8 Å². The molecule has 1 aromatic carbocycles. The summed E-state index contributed by atoms with van der Waals surface area (Å²) < 4.78 is 30.7. The summed E-state index contributed by atoms with van der Waals surface area (Å²) in [5.41, 5.74) is 0.700. The molecule has 1 atom stereocenters. The van der Waals surface area contributed by atoms with Crippen LogP contribution in [0.4, 0.5) is 8.78 Å². The summed E-state index contributed by atoms with van der Waals surface area (Å²) >= 11 is 0. The quantitative estimate of drug-likeness (QED) is 0.874. The minimum atomic E-state index is -2.38. The Kier molecular flexibility index (Phi) is 7.14. The molecular formula is C14H21ClF2N2O2. The summed E-state index contributed by atoms with van der Waals surface area (Å²) in [6, 6.07) is 4.50. The standard InChI is InChI=1S/C14H20F2N2O2.ClH/c1-20-13-3-2-10(8-12(13)19)11(9-14(15)16)18-6-4-17-5-7-18;/h2-3,8,11,14,17,19H,4-7,9H2,1H3;1H/t11-;/m1./s1. The molecule has 2 N–H and O–H groups in total. The molecule has 120 valence electrons. The Bertz CT molecular complexity index is 443. The molecule has 1 saturated heterocycles. The maximum atomic E-state index is 12.8. The van der Waals surface area contributed by atoms with E-state index >= 15 is 0 Å². The molecule has 0 amide bonds. The molecule has 1 fully saturated rings. The van der Waals surface area contributed by atoms with E-state index in [1.165, 1.54) is 13.2 Å². The molecule has 4 nitrogen and oxygen atoms in total. The van der Waals surface area contributed by atoms with Gasteiger partial charge in [0.25, 0.3) is 0 Å². The van der Waals surface area contributed by atoms with E-state index in [-0.39, 0.29) is 30.6 Å². The van der Waals surface area contributed by atoms with Crippen LogP contribution >= 0.6 is 12.4 Å². The molecule has 0 unspecified atom stereocenters. The number of nitrogens with zero attached hydrogens (tertiary/aromatic N) is 1. The van der Waals surface area contributed by atoms with Crippen LogP contribution in [0.1, 0.15) is 18.0 Å². The van der Waals surface area contributed by atoms with Gasteiger partial charge in [-0.2, -0.15) is 0 Å².